The predicted molar refractivity (Wildman–Crippen MR) is 87.8 cm³/mol. The van der Waals surface area contributed by atoms with Crippen LogP contribution in [0.25, 0.3) is 0 Å². The summed E-state index contributed by atoms with van der Waals surface area (Å²) >= 11 is 0. The van der Waals surface area contributed by atoms with Gasteiger partial charge in [-0.3, -0.25) is 5.32 Å². The fourth-order valence-corrected chi connectivity index (χ4v) is 2.41. The summed E-state index contributed by atoms with van der Waals surface area (Å²) in [7, 11) is 0. The molecule has 1 atom stereocenters. The third-order valence-electron chi connectivity index (χ3n) is 3.91. The lowest BCUT2D eigenvalue weighted by Crippen LogP contribution is -2.42. The highest BCUT2D eigenvalue weighted by atomic mass is 15.1. The Morgan fingerprint density at radius 1 is 1.10 bits per heavy atom. The maximum Gasteiger partial charge on any atom is 0.103 e. The smallest absolute Gasteiger partial charge is 0.103 e. The topological polar surface area (TPSA) is 39.1 Å². The van der Waals surface area contributed by atoms with E-state index in [1.807, 2.05) is 6.92 Å². The standard InChI is InChI=1S/C17H35N3/c1-6-8-9-13-20(16(3)4)14-10-11-17(5,15-18)19-12-7-2/h16,19H,6-14H2,1-5H3. The third kappa shape index (κ3) is 8.55. The molecule has 1 unspecified atom stereocenters. The van der Waals surface area contributed by atoms with Gasteiger partial charge in [-0.15, -0.1) is 0 Å². The maximum absolute atomic E-state index is 9.33. The lowest BCUT2D eigenvalue weighted by atomic mass is 9.97. The number of unbranched alkanes of at least 4 members (excludes halogenated alkanes) is 2. The van der Waals surface area contributed by atoms with Gasteiger partial charge in [0.25, 0.3) is 0 Å². The molecule has 0 aliphatic rings. The minimum absolute atomic E-state index is 0.359. The molecule has 0 aromatic heterocycles. The van der Waals surface area contributed by atoms with Gasteiger partial charge in [0.2, 0.25) is 0 Å². The molecule has 0 aliphatic heterocycles. The van der Waals surface area contributed by atoms with E-state index in [-0.39, 0.29) is 5.54 Å². The summed E-state index contributed by atoms with van der Waals surface area (Å²) in [6.07, 6.45) is 6.98. The normalized spacial score (nSPS) is 14.5. The number of rotatable bonds is 12. The fraction of sp³-hybridized carbons (Fsp3) is 0.941. The lowest BCUT2D eigenvalue weighted by molar-refractivity contribution is 0.207. The number of hydrogen-bond acceptors (Lipinski definition) is 3. The number of nitrogens with zero attached hydrogens (tertiary/aromatic N) is 2. The summed E-state index contributed by atoms with van der Waals surface area (Å²) in [6, 6.07) is 3.04. The van der Waals surface area contributed by atoms with Gasteiger partial charge in [0.15, 0.2) is 0 Å². The number of hydrogen-bond donors (Lipinski definition) is 1. The van der Waals surface area contributed by atoms with Gasteiger partial charge < -0.3 is 4.90 Å². The van der Waals surface area contributed by atoms with Crippen molar-refractivity contribution in [3.63, 3.8) is 0 Å². The van der Waals surface area contributed by atoms with E-state index in [1.165, 1.54) is 25.8 Å². The van der Waals surface area contributed by atoms with Crippen molar-refractivity contribution in [1.29, 1.82) is 5.26 Å². The zero-order valence-corrected chi connectivity index (χ0v) is 14.3. The molecule has 0 heterocycles. The highest BCUT2D eigenvalue weighted by Gasteiger charge is 2.22. The van der Waals surface area contributed by atoms with Crippen LogP contribution >= 0.6 is 0 Å². The Morgan fingerprint density at radius 2 is 1.75 bits per heavy atom. The molecule has 20 heavy (non-hydrogen) atoms. The van der Waals surface area contributed by atoms with Crippen molar-refractivity contribution in [3.8, 4) is 6.07 Å². The third-order valence-corrected chi connectivity index (χ3v) is 3.91. The van der Waals surface area contributed by atoms with E-state index in [4.69, 9.17) is 0 Å². The van der Waals surface area contributed by atoms with Crippen molar-refractivity contribution in [3.05, 3.63) is 0 Å². The second kappa shape index (κ2) is 11.1. The average molecular weight is 281 g/mol. The fourth-order valence-electron chi connectivity index (χ4n) is 2.41. The SMILES string of the molecule is CCCCCN(CCCC(C)(C#N)NCCC)C(C)C. The highest BCUT2D eigenvalue weighted by molar-refractivity contribution is 5.03. The minimum Gasteiger partial charge on any atom is -0.301 e. The van der Waals surface area contributed by atoms with E-state index >= 15 is 0 Å². The molecule has 0 bridgehead atoms. The second-order valence-corrected chi connectivity index (χ2v) is 6.31. The van der Waals surface area contributed by atoms with E-state index in [1.54, 1.807) is 0 Å². The quantitative estimate of drug-likeness (QED) is 0.551. The van der Waals surface area contributed by atoms with Crippen LogP contribution in [-0.4, -0.2) is 36.1 Å². The summed E-state index contributed by atoms with van der Waals surface area (Å²) in [5, 5.41) is 12.7. The summed E-state index contributed by atoms with van der Waals surface area (Å²) in [4.78, 5) is 2.55. The molecule has 0 aromatic carbocycles. The maximum atomic E-state index is 9.33. The molecular weight excluding hydrogens is 246 g/mol. The second-order valence-electron chi connectivity index (χ2n) is 6.31. The summed E-state index contributed by atoms with van der Waals surface area (Å²) in [5.41, 5.74) is -0.359. The summed E-state index contributed by atoms with van der Waals surface area (Å²) < 4.78 is 0. The van der Waals surface area contributed by atoms with E-state index in [2.05, 4.69) is 44.0 Å². The van der Waals surface area contributed by atoms with Crippen molar-refractivity contribution < 1.29 is 0 Å². The Kier molecular flexibility index (Phi) is 10.8. The molecule has 118 valence electrons. The zero-order valence-electron chi connectivity index (χ0n) is 14.3. The Hall–Kier alpha value is -0.590. The van der Waals surface area contributed by atoms with Crippen molar-refractivity contribution in [2.24, 2.45) is 0 Å². The minimum atomic E-state index is -0.359. The molecule has 0 rings (SSSR count). The van der Waals surface area contributed by atoms with E-state index < -0.39 is 0 Å². The Morgan fingerprint density at radius 3 is 2.25 bits per heavy atom. The molecule has 3 nitrogen and oxygen atoms in total. The van der Waals surface area contributed by atoms with Crippen LogP contribution < -0.4 is 5.32 Å². The van der Waals surface area contributed by atoms with Crippen LogP contribution in [0.15, 0.2) is 0 Å². The summed E-state index contributed by atoms with van der Waals surface area (Å²) in [5.74, 6) is 0. The molecule has 0 spiro atoms. The Balaban J connectivity index is 4.11. The van der Waals surface area contributed by atoms with E-state index in [0.717, 1.165) is 32.4 Å². The largest absolute Gasteiger partial charge is 0.301 e. The van der Waals surface area contributed by atoms with Crippen LogP contribution in [0.4, 0.5) is 0 Å². The van der Waals surface area contributed by atoms with Gasteiger partial charge in [0.05, 0.1) is 6.07 Å². The van der Waals surface area contributed by atoms with Gasteiger partial charge in [-0.2, -0.15) is 5.26 Å². The van der Waals surface area contributed by atoms with Crippen LogP contribution in [0.2, 0.25) is 0 Å². The monoisotopic (exact) mass is 281 g/mol. The number of nitrogens with one attached hydrogen (secondary N) is 1. The van der Waals surface area contributed by atoms with Crippen molar-refractivity contribution in [2.45, 2.75) is 84.7 Å². The Bertz CT molecular complexity index is 270. The lowest BCUT2D eigenvalue weighted by Gasteiger charge is -2.29. The zero-order chi connectivity index (χ0) is 15.4. The van der Waals surface area contributed by atoms with Crippen molar-refractivity contribution >= 4 is 0 Å². The van der Waals surface area contributed by atoms with Gasteiger partial charge in [-0.1, -0.05) is 26.7 Å². The van der Waals surface area contributed by atoms with E-state index in [0.29, 0.717) is 6.04 Å². The van der Waals surface area contributed by atoms with Crippen LogP contribution in [0.5, 0.6) is 0 Å². The molecule has 3 heteroatoms. The van der Waals surface area contributed by atoms with Gasteiger partial charge >= 0.3 is 0 Å². The first-order valence-electron chi connectivity index (χ1n) is 8.39. The molecule has 0 fully saturated rings. The van der Waals surface area contributed by atoms with Gasteiger partial charge in [-0.25, -0.2) is 0 Å². The van der Waals surface area contributed by atoms with Gasteiger partial charge in [0, 0.05) is 6.04 Å². The molecule has 0 aromatic rings. The molecule has 0 aliphatic carbocycles. The van der Waals surface area contributed by atoms with Crippen LogP contribution in [0.1, 0.15) is 73.1 Å². The van der Waals surface area contributed by atoms with E-state index in [9.17, 15) is 5.26 Å². The van der Waals surface area contributed by atoms with Crippen molar-refractivity contribution in [2.75, 3.05) is 19.6 Å². The van der Waals surface area contributed by atoms with Gasteiger partial charge in [-0.05, 0) is 66.1 Å². The predicted octanol–water partition coefficient (Wildman–Crippen LogP) is 3.95. The first kappa shape index (κ1) is 19.4. The van der Waals surface area contributed by atoms with Crippen LogP contribution in [0.3, 0.4) is 0 Å². The summed E-state index contributed by atoms with van der Waals surface area (Å²) in [6.45, 7) is 14.2. The molecule has 0 amide bonds. The first-order chi connectivity index (χ1) is 9.49. The molecule has 0 saturated heterocycles. The molecular formula is C17H35N3. The molecule has 1 N–H and O–H groups in total. The Labute approximate surface area is 126 Å². The molecule has 0 radical (unpaired) electrons. The van der Waals surface area contributed by atoms with Gasteiger partial charge in [0.1, 0.15) is 5.54 Å². The highest BCUT2D eigenvalue weighted by Crippen LogP contribution is 2.13. The average Bonchev–Trinajstić information content (AvgIpc) is 2.43. The van der Waals surface area contributed by atoms with Crippen LogP contribution in [-0.2, 0) is 0 Å². The number of nitriles is 1. The first-order valence-corrected chi connectivity index (χ1v) is 8.39. The van der Waals surface area contributed by atoms with Crippen molar-refractivity contribution in [1.82, 2.24) is 10.2 Å². The van der Waals surface area contributed by atoms with Crippen LogP contribution in [0, 0.1) is 11.3 Å². The molecule has 0 saturated carbocycles.